The van der Waals surface area contributed by atoms with Crippen LogP contribution >= 0.6 is 0 Å². The number of rotatable bonds is 3. The van der Waals surface area contributed by atoms with Crippen molar-refractivity contribution in [2.75, 3.05) is 6.61 Å². The van der Waals surface area contributed by atoms with Crippen molar-refractivity contribution in [3.8, 4) is 12.1 Å². The highest BCUT2D eigenvalue weighted by Gasteiger charge is 2.48. The lowest BCUT2D eigenvalue weighted by molar-refractivity contribution is -0.138. The fourth-order valence-electron chi connectivity index (χ4n) is 2.54. The van der Waals surface area contributed by atoms with Crippen molar-refractivity contribution >= 4 is 5.97 Å². The van der Waals surface area contributed by atoms with E-state index in [1.54, 1.807) is 13.0 Å². The van der Waals surface area contributed by atoms with Crippen LogP contribution in [0.25, 0.3) is 0 Å². The lowest BCUT2D eigenvalue weighted by atomic mass is 9.73. The Balaban J connectivity index is 2.48. The third-order valence-electron chi connectivity index (χ3n) is 3.49. The van der Waals surface area contributed by atoms with E-state index < -0.39 is 17.3 Å². The standard InChI is InChI=1S/C16H14N2O2/c1-2-20-15(19)13-8-9-16(10-17,11-18)14(13)12-6-4-3-5-7-12/h3-8,14H,2,9H2,1H3. The van der Waals surface area contributed by atoms with Crippen LogP contribution in [0.15, 0.2) is 42.0 Å². The molecule has 1 atom stereocenters. The van der Waals surface area contributed by atoms with Gasteiger partial charge in [0.15, 0.2) is 5.41 Å². The first-order valence-electron chi connectivity index (χ1n) is 6.43. The SMILES string of the molecule is CCOC(=O)C1=CCC(C#N)(C#N)C1c1ccccc1. The van der Waals surface area contributed by atoms with Crippen LogP contribution in [-0.4, -0.2) is 12.6 Å². The molecule has 0 saturated heterocycles. The smallest absolute Gasteiger partial charge is 0.334 e. The van der Waals surface area contributed by atoms with E-state index in [0.717, 1.165) is 5.56 Å². The van der Waals surface area contributed by atoms with E-state index in [1.807, 2.05) is 30.3 Å². The second-order valence-electron chi connectivity index (χ2n) is 4.62. The topological polar surface area (TPSA) is 73.9 Å². The van der Waals surface area contributed by atoms with Crippen LogP contribution in [0.3, 0.4) is 0 Å². The van der Waals surface area contributed by atoms with E-state index in [2.05, 4.69) is 12.1 Å². The molecule has 0 aromatic heterocycles. The Labute approximate surface area is 117 Å². The van der Waals surface area contributed by atoms with Crippen molar-refractivity contribution in [2.24, 2.45) is 5.41 Å². The molecule has 1 aromatic rings. The largest absolute Gasteiger partial charge is 0.463 e. The monoisotopic (exact) mass is 266 g/mol. The number of hydrogen-bond donors (Lipinski definition) is 0. The summed E-state index contributed by atoms with van der Waals surface area (Å²) in [6.07, 6.45) is 1.90. The van der Waals surface area contributed by atoms with Gasteiger partial charge in [-0.05, 0) is 18.9 Å². The first kappa shape index (κ1) is 13.8. The van der Waals surface area contributed by atoms with Crippen molar-refractivity contribution in [3.63, 3.8) is 0 Å². The molecule has 4 nitrogen and oxygen atoms in total. The van der Waals surface area contributed by atoms with Crippen LogP contribution in [0.2, 0.25) is 0 Å². The number of ether oxygens (including phenoxy) is 1. The van der Waals surface area contributed by atoms with Crippen molar-refractivity contribution < 1.29 is 9.53 Å². The van der Waals surface area contributed by atoms with E-state index >= 15 is 0 Å². The number of nitriles is 2. The van der Waals surface area contributed by atoms with Gasteiger partial charge in [0, 0.05) is 11.5 Å². The maximum absolute atomic E-state index is 12.0. The zero-order valence-electron chi connectivity index (χ0n) is 11.2. The van der Waals surface area contributed by atoms with Crippen molar-refractivity contribution in [1.82, 2.24) is 0 Å². The highest BCUT2D eigenvalue weighted by Crippen LogP contribution is 2.49. The number of nitrogens with zero attached hydrogens (tertiary/aromatic N) is 2. The summed E-state index contributed by atoms with van der Waals surface area (Å²) in [5.74, 6) is -1.01. The molecule has 1 aromatic carbocycles. The Hall–Kier alpha value is -2.59. The van der Waals surface area contributed by atoms with E-state index in [-0.39, 0.29) is 13.0 Å². The Kier molecular flexibility index (Phi) is 3.86. The number of carbonyl (C=O) groups is 1. The predicted molar refractivity (Wildman–Crippen MR) is 72.2 cm³/mol. The van der Waals surface area contributed by atoms with E-state index in [4.69, 9.17) is 4.74 Å². The molecule has 1 unspecified atom stereocenters. The molecular formula is C16H14N2O2. The molecule has 0 amide bonds. The summed E-state index contributed by atoms with van der Waals surface area (Å²) in [7, 11) is 0. The van der Waals surface area contributed by atoms with Gasteiger partial charge in [0.2, 0.25) is 0 Å². The van der Waals surface area contributed by atoms with Crippen LogP contribution in [0.1, 0.15) is 24.8 Å². The van der Waals surface area contributed by atoms with Crippen LogP contribution in [0.4, 0.5) is 0 Å². The summed E-state index contributed by atoms with van der Waals surface area (Å²) in [4.78, 5) is 12.0. The summed E-state index contributed by atoms with van der Waals surface area (Å²) in [6.45, 7) is 2.00. The Bertz CT molecular complexity index is 606. The molecule has 0 saturated carbocycles. The molecule has 0 heterocycles. The second-order valence-corrected chi connectivity index (χ2v) is 4.62. The average Bonchev–Trinajstić information content (AvgIpc) is 2.88. The fourth-order valence-corrected chi connectivity index (χ4v) is 2.54. The predicted octanol–water partition coefficient (Wildman–Crippen LogP) is 2.70. The van der Waals surface area contributed by atoms with E-state index in [1.165, 1.54) is 0 Å². The van der Waals surface area contributed by atoms with Crippen LogP contribution < -0.4 is 0 Å². The fraction of sp³-hybridized carbons (Fsp3) is 0.312. The van der Waals surface area contributed by atoms with Gasteiger partial charge in [-0.3, -0.25) is 0 Å². The quantitative estimate of drug-likeness (QED) is 0.788. The van der Waals surface area contributed by atoms with Gasteiger partial charge >= 0.3 is 5.97 Å². The Morgan fingerprint density at radius 2 is 2.00 bits per heavy atom. The molecule has 0 bridgehead atoms. The minimum Gasteiger partial charge on any atom is -0.463 e. The molecule has 2 rings (SSSR count). The minimum atomic E-state index is -1.23. The van der Waals surface area contributed by atoms with Crippen LogP contribution in [0, 0.1) is 28.1 Å². The van der Waals surface area contributed by atoms with Crippen molar-refractivity contribution in [1.29, 1.82) is 10.5 Å². The minimum absolute atomic E-state index is 0.244. The van der Waals surface area contributed by atoms with Gasteiger partial charge in [-0.1, -0.05) is 36.4 Å². The van der Waals surface area contributed by atoms with Crippen molar-refractivity contribution in [2.45, 2.75) is 19.3 Å². The van der Waals surface area contributed by atoms with Crippen LogP contribution in [-0.2, 0) is 9.53 Å². The first-order valence-corrected chi connectivity index (χ1v) is 6.43. The van der Waals surface area contributed by atoms with Gasteiger partial charge in [-0.2, -0.15) is 10.5 Å². The summed E-state index contributed by atoms with van der Waals surface area (Å²) >= 11 is 0. The number of esters is 1. The maximum Gasteiger partial charge on any atom is 0.334 e. The molecule has 0 aliphatic heterocycles. The third kappa shape index (κ3) is 2.17. The zero-order chi connectivity index (χ0) is 14.6. The Morgan fingerprint density at radius 1 is 1.35 bits per heavy atom. The zero-order valence-corrected chi connectivity index (χ0v) is 11.2. The average molecular weight is 266 g/mol. The van der Waals surface area contributed by atoms with Crippen LogP contribution in [0.5, 0.6) is 0 Å². The van der Waals surface area contributed by atoms with Gasteiger partial charge in [0.1, 0.15) is 0 Å². The molecule has 20 heavy (non-hydrogen) atoms. The van der Waals surface area contributed by atoms with E-state index in [9.17, 15) is 15.3 Å². The number of hydrogen-bond acceptors (Lipinski definition) is 4. The molecule has 0 N–H and O–H groups in total. The molecule has 4 heteroatoms. The highest BCUT2D eigenvalue weighted by atomic mass is 16.5. The number of carbonyl (C=O) groups excluding carboxylic acids is 1. The van der Waals surface area contributed by atoms with Gasteiger partial charge in [0.25, 0.3) is 0 Å². The summed E-state index contributed by atoms with van der Waals surface area (Å²) in [6, 6.07) is 13.3. The second kappa shape index (κ2) is 5.59. The van der Waals surface area contributed by atoms with Gasteiger partial charge in [0.05, 0.1) is 18.7 Å². The molecule has 100 valence electrons. The van der Waals surface area contributed by atoms with E-state index in [0.29, 0.717) is 5.57 Å². The Morgan fingerprint density at radius 3 is 2.55 bits per heavy atom. The molecule has 0 fully saturated rings. The normalized spacial score (nSPS) is 19.6. The molecule has 0 spiro atoms. The third-order valence-corrected chi connectivity index (χ3v) is 3.49. The lowest BCUT2D eigenvalue weighted by Crippen LogP contribution is -2.25. The molecular weight excluding hydrogens is 252 g/mol. The highest BCUT2D eigenvalue weighted by molar-refractivity contribution is 5.91. The summed E-state index contributed by atoms with van der Waals surface area (Å²) in [5, 5.41) is 18.8. The number of allylic oxidation sites excluding steroid dienone is 1. The first-order chi connectivity index (χ1) is 9.68. The maximum atomic E-state index is 12.0. The van der Waals surface area contributed by atoms with Gasteiger partial charge in [-0.15, -0.1) is 0 Å². The molecule has 0 radical (unpaired) electrons. The van der Waals surface area contributed by atoms with Crippen molar-refractivity contribution in [3.05, 3.63) is 47.5 Å². The lowest BCUT2D eigenvalue weighted by Gasteiger charge is -2.24. The van der Waals surface area contributed by atoms with Gasteiger partial charge in [-0.25, -0.2) is 4.79 Å². The molecule has 1 aliphatic carbocycles. The molecule has 1 aliphatic rings. The van der Waals surface area contributed by atoms with Gasteiger partial charge < -0.3 is 4.74 Å². The number of benzene rings is 1. The summed E-state index contributed by atoms with van der Waals surface area (Å²) in [5.41, 5.74) is -0.0442. The summed E-state index contributed by atoms with van der Waals surface area (Å²) < 4.78 is 5.03.